The Morgan fingerprint density at radius 1 is 1.35 bits per heavy atom. The monoisotopic (exact) mass is 233 g/mol. The molecule has 2 aromatic rings. The van der Waals surface area contributed by atoms with Gasteiger partial charge in [-0.3, -0.25) is 0 Å². The number of ether oxygens (including phenoxy) is 1. The third-order valence-corrected chi connectivity index (χ3v) is 1.99. The standard InChI is InChI=1S/C11H15N5O/c1-7(2)17-10-6-8(3)13-11(14-10)16-5-4-9(12)15-16/h4-7H,1-3H3,(H2,12,15). The summed E-state index contributed by atoms with van der Waals surface area (Å²) in [5.41, 5.74) is 6.37. The first-order valence-corrected chi connectivity index (χ1v) is 5.38. The number of anilines is 1. The summed E-state index contributed by atoms with van der Waals surface area (Å²) in [5.74, 6) is 1.43. The maximum absolute atomic E-state index is 5.55. The van der Waals surface area contributed by atoms with Gasteiger partial charge < -0.3 is 10.5 Å². The SMILES string of the molecule is Cc1cc(OC(C)C)nc(-n2ccc(N)n2)n1. The van der Waals surface area contributed by atoms with E-state index in [1.54, 1.807) is 18.3 Å². The normalized spacial score (nSPS) is 10.8. The minimum absolute atomic E-state index is 0.0693. The van der Waals surface area contributed by atoms with Crippen LogP contribution in [0.4, 0.5) is 5.82 Å². The lowest BCUT2D eigenvalue weighted by atomic mass is 10.4. The predicted molar refractivity (Wildman–Crippen MR) is 64.1 cm³/mol. The number of aromatic nitrogens is 4. The number of rotatable bonds is 3. The van der Waals surface area contributed by atoms with Gasteiger partial charge in [0.25, 0.3) is 5.95 Å². The molecule has 0 aliphatic heterocycles. The average Bonchev–Trinajstić information content (AvgIpc) is 2.62. The lowest BCUT2D eigenvalue weighted by Gasteiger charge is -2.10. The van der Waals surface area contributed by atoms with Crippen LogP contribution in [0.1, 0.15) is 19.5 Å². The molecular weight excluding hydrogens is 218 g/mol. The molecule has 0 bridgehead atoms. The van der Waals surface area contributed by atoms with Crippen LogP contribution in [0.5, 0.6) is 5.88 Å². The van der Waals surface area contributed by atoms with Gasteiger partial charge in [-0.25, -0.2) is 9.67 Å². The van der Waals surface area contributed by atoms with Gasteiger partial charge in [0, 0.05) is 24.0 Å². The molecule has 0 radical (unpaired) electrons. The van der Waals surface area contributed by atoms with E-state index < -0.39 is 0 Å². The zero-order valence-electron chi connectivity index (χ0n) is 10.1. The highest BCUT2D eigenvalue weighted by Gasteiger charge is 2.07. The van der Waals surface area contributed by atoms with Crippen LogP contribution in [-0.4, -0.2) is 25.9 Å². The molecule has 0 atom stereocenters. The molecule has 2 N–H and O–H groups in total. The van der Waals surface area contributed by atoms with Crippen LogP contribution >= 0.6 is 0 Å². The van der Waals surface area contributed by atoms with E-state index in [1.165, 1.54) is 4.68 Å². The number of nitrogen functional groups attached to an aromatic ring is 1. The topological polar surface area (TPSA) is 78.9 Å². The molecule has 0 aliphatic carbocycles. The minimum atomic E-state index is 0.0693. The number of nitrogens with zero attached hydrogens (tertiary/aromatic N) is 4. The zero-order valence-corrected chi connectivity index (χ0v) is 10.1. The van der Waals surface area contributed by atoms with E-state index in [-0.39, 0.29) is 6.10 Å². The Kier molecular flexibility index (Phi) is 2.95. The van der Waals surface area contributed by atoms with Gasteiger partial charge in [-0.2, -0.15) is 4.98 Å². The molecule has 0 saturated heterocycles. The molecule has 0 aromatic carbocycles. The van der Waals surface area contributed by atoms with Crippen molar-refractivity contribution in [1.29, 1.82) is 0 Å². The Bertz CT molecular complexity index is 520. The van der Waals surface area contributed by atoms with E-state index in [0.29, 0.717) is 17.6 Å². The molecule has 0 fully saturated rings. The van der Waals surface area contributed by atoms with Gasteiger partial charge in [0.05, 0.1) is 6.10 Å². The highest BCUT2D eigenvalue weighted by atomic mass is 16.5. The molecule has 0 amide bonds. The molecule has 90 valence electrons. The summed E-state index contributed by atoms with van der Waals surface area (Å²) in [6, 6.07) is 3.48. The van der Waals surface area contributed by atoms with Crippen molar-refractivity contribution in [3.63, 3.8) is 0 Å². The summed E-state index contributed by atoms with van der Waals surface area (Å²) in [4.78, 5) is 8.55. The molecule has 2 aromatic heterocycles. The third-order valence-electron chi connectivity index (χ3n) is 1.99. The zero-order chi connectivity index (χ0) is 12.4. The second kappa shape index (κ2) is 4.40. The number of hydrogen-bond donors (Lipinski definition) is 1. The van der Waals surface area contributed by atoms with Crippen LogP contribution in [0, 0.1) is 6.92 Å². The molecule has 2 rings (SSSR count). The van der Waals surface area contributed by atoms with Gasteiger partial charge in [-0.1, -0.05) is 0 Å². The van der Waals surface area contributed by atoms with Crippen molar-refractivity contribution in [2.24, 2.45) is 0 Å². The van der Waals surface area contributed by atoms with E-state index >= 15 is 0 Å². The van der Waals surface area contributed by atoms with Crippen LogP contribution in [-0.2, 0) is 0 Å². The number of nitrogens with two attached hydrogens (primary N) is 1. The molecule has 17 heavy (non-hydrogen) atoms. The van der Waals surface area contributed by atoms with Crippen LogP contribution in [0.25, 0.3) is 5.95 Å². The van der Waals surface area contributed by atoms with Crippen molar-refractivity contribution in [3.8, 4) is 11.8 Å². The fourth-order valence-electron chi connectivity index (χ4n) is 1.38. The van der Waals surface area contributed by atoms with Gasteiger partial charge in [0.1, 0.15) is 5.82 Å². The van der Waals surface area contributed by atoms with E-state index in [1.807, 2.05) is 20.8 Å². The van der Waals surface area contributed by atoms with Crippen molar-refractivity contribution in [2.45, 2.75) is 26.9 Å². The molecule has 0 saturated carbocycles. The van der Waals surface area contributed by atoms with E-state index in [0.717, 1.165) is 5.69 Å². The van der Waals surface area contributed by atoms with Crippen LogP contribution in [0.2, 0.25) is 0 Å². The molecule has 2 heterocycles. The molecule has 6 heteroatoms. The maximum atomic E-state index is 5.55. The Labute approximate surface area is 99.4 Å². The van der Waals surface area contributed by atoms with Crippen LogP contribution in [0.15, 0.2) is 18.3 Å². The summed E-state index contributed by atoms with van der Waals surface area (Å²) >= 11 is 0. The summed E-state index contributed by atoms with van der Waals surface area (Å²) in [6.45, 7) is 5.78. The largest absolute Gasteiger partial charge is 0.475 e. The van der Waals surface area contributed by atoms with E-state index in [9.17, 15) is 0 Å². The van der Waals surface area contributed by atoms with Gasteiger partial charge >= 0.3 is 0 Å². The van der Waals surface area contributed by atoms with E-state index in [4.69, 9.17) is 10.5 Å². The van der Waals surface area contributed by atoms with Crippen molar-refractivity contribution >= 4 is 5.82 Å². The first-order valence-electron chi connectivity index (χ1n) is 5.38. The van der Waals surface area contributed by atoms with Crippen LogP contribution < -0.4 is 10.5 Å². The maximum Gasteiger partial charge on any atom is 0.254 e. The lowest BCUT2D eigenvalue weighted by Crippen LogP contribution is -2.10. The first kappa shape index (κ1) is 11.4. The molecule has 0 spiro atoms. The van der Waals surface area contributed by atoms with Crippen molar-refractivity contribution in [1.82, 2.24) is 19.7 Å². The minimum Gasteiger partial charge on any atom is -0.475 e. The van der Waals surface area contributed by atoms with Crippen molar-refractivity contribution in [3.05, 3.63) is 24.0 Å². The lowest BCUT2D eigenvalue weighted by molar-refractivity contribution is 0.231. The molecule has 6 nitrogen and oxygen atoms in total. The summed E-state index contributed by atoms with van der Waals surface area (Å²) < 4.78 is 7.06. The van der Waals surface area contributed by atoms with Gasteiger partial charge in [-0.15, -0.1) is 5.10 Å². The fourth-order valence-corrected chi connectivity index (χ4v) is 1.38. The van der Waals surface area contributed by atoms with Crippen molar-refractivity contribution < 1.29 is 4.74 Å². The van der Waals surface area contributed by atoms with Gasteiger partial charge in [-0.05, 0) is 20.8 Å². The third kappa shape index (κ3) is 2.72. The van der Waals surface area contributed by atoms with Crippen LogP contribution in [0.3, 0.4) is 0 Å². The molecule has 0 unspecified atom stereocenters. The highest BCUT2D eigenvalue weighted by Crippen LogP contribution is 2.13. The smallest absolute Gasteiger partial charge is 0.254 e. The van der Waals surface area contributed by atoms with Gasteiger partial charge in [0.15, 0.2) is 0 Å². The number of aryl methyl sites for hydroxylation is 1. The molecule has 0 aliphatic rings. The second-order valence-corrected chi connectivity index (χ2v) is 4.00. The Balaban J connectivity index is 2.37. The summed E-state index contributed by atoms with van der Waals surface area (Å²) in [7, 11) is 0. The predicted octanol–water partition coefficient (Wildman–Crippen LogP) is 1.34. The summed E-state index contributed by atoms with van der Waals surface area (Å²) in [6.07, 6.45) is 1.78. The highest BCUT2D eigenvalue weighted by molar-refractivity contribution is 5.29. The second-order valence-electron chi connectivity index (χ2n) is 4.00. The number of hydrogen-bond acceptors (Lipinski definition) is 5. The Morgan fingerprint density at radius 2 is 2.12 bits per heavy atom. The summed E-state index contributed by atoms with van der Waals surface area (Å²) in [5, 5.41) is 4.06. The quantitative estimate of drug-likeness (QED) is 0.865. The fraction of sp³-hybridized carbons (Fsp3) is 0.364. The van der Waals surface area contributed by atoms with Gasteiger partial charge in [0.2, 0.25) is 5.88 Å². The Morgan fingerprint density at radius 3 is 2.71 bits per heavy atom. The first-order chi connectivity index (χ1) is 8.04. The molecular formula is C11H15N5O. The van der Waals surface area contributed by atoms with E-state index in [2.05, 4.69) is 15.1 Å². The Hall–Kier alpha value is -2.11. The van der Waals surface area contributed by atoms with Crippen molar-refractivity contribution in [2.75, 3.05) is 5.73 Å². The average molecular weight is 233 g/mol.